The Morgan fingerprint density at radius 1 is 1.00 bits per heavy atom. The smallest absolute Gasteiger partial charge is 0.243 e. The number of carbonyl (C=O) groups is 2. The molecule has 0 fully saturated rings. The van der Waals surface area contributed by atoms with E-state index in [1.165, 1.54) is 6.92 Å². The SMILES string of the molecule is COc1ccc(CN(C(C)=O)[C@H](Cc2ccccc2)C(=O)NCCC(C)C)cc1. The van der Waals surface area contributed by atoms with Crippen LogP contribution in [0, 0.1) is 5.92 Å². The fraction of sp³-hybridized carbons (Fsp3) is 0.417. The molecule has 1 N–H and O–H groups in total. The number of methoxy groups -OCH3 is 1. The van der Waals surface area contributed by atoms with E-state index in [1.54, 1.807) is 12.0 Å². The number of benzene rings is 2. The summed E-state index contributed by atoms with van der Waals surface area (Å²) < 4.78 is 5.21. The van der Waals surface area contributed by atoms with Crippen LogP contribution in [0.3, 0.4) is 0 Å². The van der Waals surface area contributed by atoms with Crippen LogP contribution < -0.4 is 10.1 Å². The number of hydrogen-bond donors (Lipinski definition) is 1. The topological polar surface area (TPSA) is 58.6 Å². The van der Waals surface area contributed by atoms with E-state index >= 15 is 0 Å². The Morgan fingerprint density at radius 3 is 2.21 bits per heavy atom. The monoisotopic (exact) mass is 396 g/mol. The molecule has 0 aliphatic rings. The van der Waals surface area contributed by atoms with Gasteiger partial charge in [0.2, 0.25) is 11.8 Å². The summed E-state index contributed by atoms with van der Waals surface area (Å²) in [6.07, 6.45) is 1.38. The molecule has 2 rings (SSSR count). The summed E-state index contributed by atoms with van der Waals surface area (Å²) in [7, 11) is 1.62. The first-order chi connectivity index (χ1) is 13.9. The number of amides is 2. The third-order valence-corrected chi connectivity index (χ3v) is 4.89. The molecule has 29 heavy (non-hydrogen) atoms. The number of carbonyl (C=O) groups excluding carboxylic acids is 2. The van der Waals surface area contributed by atoms with Gasteiger partial charge in [0, 0.05) is 26.4 Å². The van der Waals surface area contributed by atoms with Gasteiger partial charge in [0.1, 0.15) is 11.8 Å². The molecule has 0 bridgehead atoms. The van der Waals surface area contributed by atoms with Gasteiger partial charge < -0.3 is 15.0 Å². The van der Waals surface area contributed by atoms with Gasteiger partial charge in [-0.1, -0.05) is 56.3 Å². The average molecular weight is 397 g/mol. The molecule has 0 heterocycles. The molecule has 2 aromatic rings. The minimum Gasteiger partial charge on any atom is -0.497 e. The summed E-state index contributed by atoms with van der Waals surface area (Å²) in [5.41, 5.74) is 1.98. The van der Waals surface area contributed by atoms with Crippen molar-refractivity contribution in [2.45, 2.75) is 46.2 Å². The molecule has 2 amide bonds. The van der Waals surface area contributed by atoms with Gasteiger partial charge in [0.25, 0.3) is 0 Å². The summed E-state index contributed by atoms with van der Waals surface area (Å²) in [6.45, 7) is 6.74. The molecule has 0 aliphatic carbocycles. The molecule has 0 radical (unpaired) electrons. The quantitative estimate of drug-likeness (QED) is 0.664. The molecule has 0 saturated carbocycles. The summed E-state index contributed by atoms with van der Waals surface area (Å²) >= 11 is 0. The predicted molar refractivity (Wildman–Crippen MR) is 116 cm³/mol. The normalized spacial score (nSPS) is 11.8. The second-order valence-corrected chi connectivity index (χ2v) is 7.67. The van der Waals surface area contributed by atoms with Crippen molar-refractivity contribution in [2.75, 3.05) is 13.7 Å². The number of hydrogen-bond acceptors (Lipinski definition) is 3. The van der Waals surface area contributed by atoms with Gasteiger partial charge in [0.15, 0.2) is 0 Å². The number of nitrogens with zero attached hydrogens (tertiary/aromatic N) is 1. The molecule has 0 aromatic heterocycles. The molecule has 0 saturated heterocycles. The van der Waals surface area contributed by atoms with Crippen molar-refractivity contribution in [3.05, 3.63) is 65.7 Å². The van der Waals surface area contributed by atoms with E-state index in [9.17, 15) is 9.59 Å². The van der Waals surface area contributed by atoms with E-state index < -0.39 is 6.04 Å². The van der Waals surface area contributed by atoms with Crippen LogP contribution in [-0.4, -0.2) is 36.4 Å². The van der Waals surface area contributed by atoms with Crippen molar-refractivity contribution >= 4 is 11.8 Å². The fourth-order valence-corrected chi connectivity index (χ4v) is 3.15. The minimum absolute atomic E-state index is 0.113. The van der Waals surface area contributed by atoms with E-state index in [0.29, 0.717) is 25.4 Å². The average Bonchev–Trinajstić information content (AvgIpc) is 2.71. The number of ether oxygens (including phenoxy) is 1. The Labute approximate surface area is 174 Å². The standard InChI is InChI=1S/C24H32N2O3/c1-18(2)14-15-25-24(28)23(16-20-8-6-5-7-9-20)26(19(3)27)17-21-10-12-22(29-4)13-11-21/h5-13,18,23H,14-17H2,1-4H3,(H,25,28)/t23-/m1/s1. The highest BCUT2D eigenvalue weighted by Gasteiger charge is 2.28. The highest BCUT2D eigenvalue weighted by molar-refractivity contribution is 5.87. The lowest BCUT2D eigenvalue weighted by Crippen LogP contribution is -2.50. The van der Waals surface area contributed by atoms with Gasteiger partial charge in [-0.15, -0.1) is 0 Å². The zero-order chi connectivity index (χ0) is 21.2. The van der Waals surface area contributed by atoms with Crippen molar-refractivity contribution in [2.24, 2.45) is 5.92 Å². The second kappa shape index (κ2) is 11.2. The molecule has 0 aliphatic heterocycles. The Morgan fingerprint density at radius 2 is 1.66 bits per heavy atom. The molecule has 5 heteroatoms. The first-order valence-electron chi connectivity index (χ1n) is 10.1. The zero-order valence-electron chi connectivity index (χ0n) is 17.9. The minimum atomic E-state index is -0.566. The molecule has 2 aromatic carbocycles. The van der Waals surface area contributed by atoms with Crippen LogP contribution in [0.4, 0.5) is 0 Å². The Balaban J connectivity index is 2.22. The predicted octanol–water partition coefficient (Wildman–Crippen LogP) is 3.82. The molecule has 1 atom stereocenters. The highest BCUT2D eigenvalue weighted by Crippen LogP contribution is 2.17. The van der Waals surface area contributed by atoms with Crippen LogP contribution in [0.1, 0.15) is 38.3 Å². The first kappa shape index (κ1) is 22.5. The number of nitrogens with one attached hydrogen (secondary N) is 1. The van der Waals surface area contributed by atoms with Gasteiger partial charge in [0.05, 0.1) is 7.11 Å². The maximum Gasteiger partial charge on any atom is 0.243 e. The summed E-state index contributed by atoms with van der Waals surface area (Å²) in [6, 6.07) is 16.8. The van der Waals surface area contributed by atoms with Crippen molar-refractivity contribution in [3.63, 3.8) is 0 Å². The van der Waals surface area contributed by atoms with Crippen LogP contribution in [0.15, 0.2) is 54.6 Å². The van der Waals surface area contributed by atoms with E-state index in [0.717, 1.165) is 23.3 Å². The largest absolute Gasteiger partial charge is 0.497 e. The van der Waals surface area contributed by atoms with Crippen LogP contribution in [-0.2, 0) is 22.6 Å². The van der Waals surface area contributed by atoms with E-state index in [4.69, 9.17) is 4.74 Å². The molecular weight excluding hydrogens is 364 g/mol. The lowest BCUT2D eigenvalue weighted by molar-refractivity contribution is -0.139. The van der Waals surface area contributed by atoms with E-state index in [2.05, 4.69) is 19.2 Å². The fourth-order valence-electron chi connectivity index (χ4n) is 3.15. The molecule has 5 nitrogen and oxygen atoms in total. The maximum atomic E-state index is 13.0. The molecule has 156 valence electrons. The van der Waals surface area contributed by atoms with Crippen LogP contribution in [0.5, 0.6) is 5.75 Å². The van der Waals surface area contributed by atoms with Crippen LogP contribution >= 0.6 is 0 Å². The third kappa shape index (κ3) is 7.26. The third-order valence-electron chi connectivity index (χ3n) is 4.89. The zero-order valence-corrected chi connectivity index (χ0v) is 17.9. The van der Waals surface area contributed by atoms with Gasteiger partial charge in [-0.05, 0) is 35.6 Å². The van der Waals surface area contributed by atoms with Crippen molar-refractivity contribution < 1.29 is 14.3 Å². The lowest BCUT2D eigenvalue weighted by atomic mass is 10.0. The Bertz CT molecular complexity index is 772. The summed E-state index contributed by atoms with van der Waals surface area (Å²) in [4.78, 5) is 27.2. The van der Waals surface area contributed by atoms with Crippen molar-refractivity contribution in [3.8, 4) is 5.75 Å². The van der Waals surface area contributed by atoms with Gasteiger partial charge in [-0.25, -0.2) is 0 Å². The van der Waals surface area contributed by atoms with E-state index in [1.807, 2.05) is 54.6 Å². The van der Waals surface area contributed by atoms with Gasteiger partial charge in [-0.2, -0.15) is 0 Å². The van der Waals surface area contributed by atoms with E-state index in [-0.39, 0.29) is 11.8 Å². The summed E-state index contributed by atoms with van der Waals surface area (Å²) in [5.74, 6) is 1.03. The maximum absolute atomic E-state index is 13.0. The van der Waals surface area contributed by atoms with Crippen LogP contribution in [0.2, 0.25) is 0 Å². The molecular formula is C24H32N2O3. The molecule has 0 spiro atoms. The lowest BCUT2D eigenvalue weighted by Gasteiger charge is -2.30. The molecule has 0 unspecified atom stereocenters. The Hall–Kier alpha value is -2.82. The van der Waals surface area contributed by atoms with Crippen LogP contribution in [0.25, 0.3) is 0 Å². The van der Waals surface area contributed by atoms with Gasteiger partial charge >= 0.3 is 0 Å². The second-order valence-electron chi connectivity index (χ2n) is 7.67. The van der Waals surface area contributed by atoms with Crippen molar-refractivity contribution in [1.29, 1.82) is 0 Å². The van der Waals surface area contributed by atoms with Crippen molar-refractivity contribution in [1.82, 2.24) is 10.2 Å². The number of rotatable bonds is 10. The first-order valence-corrected chi connectivity index (χ1v) is 10.1. The summed E-state index contributed by atoms with van der Waals surface area (Å²) in [5, 5.41) is 3.02. The highest BCUT2D eigenvalue weighted by atomic mass is 16.5. The Kier molecular flexibility index (Phi) is 8.71. The van der Waals surface area contributed by atoms with Gasteiger partial charge in [-0.3, -0.25) is 9.59 Å².